The summed E-state index contributed by atoms with van der Waals surface area (Å²) in [6.45, 7) is 0.338. The number of phenols is 2. The number of ether oxygens (including phenoxy) is 1. The molecule has 5 amide bonds. The maximum absolute atomic E-state index is 13.8. The number of benzene rings is 4. The summed E-state index contributed by atoms with van der Waals surface area (Å²) in [7, 11) is 1.35. The van der Waals surface area contributed by atoms with Gasteiger partial charge in [-0.05, 0) is 77.7 Å². The van der Waals surface area contributed by atoms with Gasteiger partial charge in [0.25, 0.3) is 5.91 Å². The topological polar surface area (TPSA) is 207 Å². The van der Waals surface area contributed by atoms with Crippen LogP contribution in [-0.2, 0) is 35.1 Å². The summed E-state index contributed by atoms with van der Waals surface area (Å²) in [5, 5.41) is 32.6. The molecule has 2 aliphatic rings. The summed E-state index contributed by atoms with van der Waals surface area (Å²) >= 11 is 5.98. The summed E-state index contributed by atoms with van der Waals surface area (Å²) in [5.41, 5.74) is 3.04. The fraction of sp³-hybridized carbons (Fsp3) is 0.250. The number of hydrogen-bond acceptors (Lipinski definition) is 9. The molecular weight excluding hydrogens is 730 g/mol. The molecule has 284 valence electrons. The number of aromatic hydroxyl groups is 2. The van der Waals surface area contributed by atoms with Crippen LogP contribution in [-0.4, -0.2) is 95.4 Å². The van der Waals surface area contributed by atoms with Crippen LogP contribution in [0.2, 0.25) is 5.02 Å². The van der Waals surface area contributed by atoms with Crippen molar-refractivity contribution in [2.75, 3.05) is 26.7 Å². The van der Waals surface area contributed by atoms with Crippen molar-refractivity contribution in [3.8, 4) is 33.8 Å². The summed E-state index contributed by atoms with van der Waals surface area (Å²) in [6, 6.07) is 20.0. The summed E-state index contributed by atoms with van der Waals surface area (Å²) in [5.74, 6) is -4.18. The number of likely N-dealkylation sites (N-methyl/N-ethyl adjacent to an activating group) is 1. The van der Waals surface area contributed by atoms with E-state index in [9.17, 15) is 39.0 Å². The highest BCUT2D eigenvalue weighted by Crippen LogP contribution is 2.38. The molecule has 1 fully saturated rings. The highest BCUT2D eigenvalue weighted by Gasteiger charge is 2.41. The van der Waals surface area contributed by atoms with Crippen LogP contribution in [0.25, 0.3) is 22.3 Å². The van der Waals surface area contributed by atoms with Gasteiger partial charge in [-0.15, -0.1) is 0 Å². The Morgan fingerprint density at radius 2 is 1.47 bits per heavy atom. The number of carbonyl (C=O) groups excluding carboxylic acids is 6. The van der Waals surface area contributed by atoms with Crippen molar-refractivity contribution in [2.45, 2.75) is 37.6 Å². The van der Waals surface area contributed by atoms with Crippen LogP contribution in [0.3, 0.4) is 0 Å². The van der Waals surface area contributed by atoms with Crippen LogP contribution >= 0.6 is 11.6 Å². The minimum atomic E-state index is -1.37. The van der Waals surface area contributed by atoms with E-state index in [-0.39, 0.29) is 53.0 Å². The van der Waals surface area contributed by atoms with Gasteiger partial charge in [-0.3, -0.25) is 28.8 Å². The Balaban J connectivity index is 1.21. The standard InChI is InChI=1S/C40H38ClN5O9/c1-21-37(55-21)33(49)18-42-39(53)30-16-22-3-13-31(47)28(15-22)29-17-26(10-14-32(29)48)36(40(54)43-19-34(50)45-30)46(2)35(51)20-44-38(52)25-6-4-23(5-7-25)24-8-11-27(41)12-9-24/h3-15,17,21,30,36-37,47-48H,16,18-20H2,1-2H3,(H,42,53)(H,43,54)(H,44,52)(H,45,50). The molecule has 14 nitrogen and oxygen atoms in total. The first-order valence-electron chi connectivity index (χ1n) is 17.4. The summed E-state index contributed by atoms with van der Waals surface area (Å²) < 4.78 is 5.17. The molecule has 4 aromatic rings. The average Bonchev–Trinajstić information content (AvgIpc) is 3.92. The largest absolute Gasteiger partial charge is 0.507 e. The molecule has 4 bridgehead atoms. The minimum Gasteiger partial charge on any atom is -0.507 e. The SMILES string of the molecule is CC1OC1C(=O)CNC(=O)C1Cc2ccc(O)c(c2)-c2cc(ccc2O)C(N(C)C(=O)CNC(=O)c2ccc(-c3ccc(Cl)cc3)cc2)C(=O)NCC(=O)N1. The van der Waals surface area contributed by atoms with E-state index in [1.807, 2.05) is 12.1 Å². The van der Waals surface area contributed by atoms with E-state index in [1.54, 1.807) is 49.4 Å². The Morgan fingerprint density at radius 3 is 2.13 bits per heavy atom. The lowest BCUT2D eigenvalue weighted by Gasteiger charge is -2.29. The average molecular weight is 768 g/mol. The predicted molar refractivity (Wildman–Crippen MR) is 201 cm³/mol. The van der Waals surface area contributed by atoms with Gasteiger partial charge in [-0.25, -0.2) is 0 Å². The van der Waals surface area contributed by atoms with E-state index >= 15 is 0 Å². The molecule has 4 aromatic carbocycles. The van der Waals surface area contributed by atoms with E-state index in [2.05, 4.69) is 21.3 Å². The number of phenolic OH excluding ortho intramolecular Hbond substituents is 2. The molecule has 0 spiro atoms. The first-order chi connectivity index (χ1) is 26.3. The fourth-order valence-electron chi connectivity index (χ4n) is 6.28. The normalized spacial score (nSPS) is 19.2. The molecule has 0 aromatic heterocycles. The van der Waals surface area contributed by atoms with Crippen molar-refractivity contribution in [1.82, 2.24) is 26.2 Å². The van der Waals surface area contributed by atoms with Gasteiger partial charge in [0.2, 0.25) is 23.6 Å². The van der Waals surface area contributed by atoms with Crippen molar-refractivity contribution < 1.29 is 43.7 Å². The fourth-order valence-corrected chi connectivity index (χ4v) is 6.40. The number of halogens is 1. The van der Waals surface area contributed by atoms with Gasteiger partial charge in [0.05, 0.1) is 25.7 Å². The number of amides is 5. The van der Waals surface area contributed by atoms with Crippen LogP contribution in [0.5, 0.6) is 11.5 Å². The molecule has 0 saturated carbocycles. The first kappa shape index (κ1) is 38.5. The molecule has 4 unspecified atom stereocenters. The van der Waals surface area contributed by atoms with E-state index in [0.29, 0.717) is 16.1 Å². The van der Waals surface area contributed by atoms with Crippen LogP contribution in [0.15, 0.2) is 84.9 Å². The van der Waals surface area contributed by atoms with Crippen molar-refractivity contribution >= 4 is 46.9 Å². The number of rotatable bonds is 9. The number of nitrogens with one attached hydrogen (secondary N) is 4. The first-order valence-corrected chi connectivity index (χ1v) is 17.7. The number of epoxide rings is 1. The number of carbonyl (C=O) groups is 6. The number of nitrogens with zero attached hydrogens (tertiary/aromatic N) is 1. The van der Waals surface area contributed by atoms with Gasteiger partial charge in [0.15, 0.2) is 5.78 Å². The molecule has 2 heterocycles. The van der Waals surface area contributed by atoms with Crippen molar-refractivity contribution in [3.05, 3.63) is 107 Å². The third-order valence-electron chi connectivity index (χ3n) is 9.42. The zero-order chi connectivity index (χ0) is 39.4. The number of hydrogen-bond donors (Lipinski definition) is 6. The van der Waals surface area contributed by atoms with Gasteiger partial charge >= 0.3 is 0 Å². The second kappa shape index (κ2) is 16.4. The van der Waals surface area contributed by atoms with E-state index in [4.69, 9.17) is 16.3 Å². The van der Waals surface area contributed by atoms with E-state index < -0.39 is 60.8 Å². The maximum Gasteiger partial charge on any atom is 0.251 e. The second-order valence-electron chi connectivity index (χ2n) is 13.3. The van der Waals surface area contributed by atoms with Gasteiger partial charge in [-0.1, -0.05) is 48.0 Å². The highest BCUT2D eigenvalue weighted by atomic mass is 35.5. The smallest absolute Gasteiger partial charge is 0.251 e. The summed E-state index contributed by atoms with van der Waals surface area (Å²) in [6.07, 6.45) is -0.915. The van der Waals surface area contributed by atoms with E-state index in [1.165, 1.54) is 37.4 Å². The number of ketones is 1. The van der Waals surface area contributed by atoms with Crippen molar-refractivity contribution in [3.63, 3.8) is 0 Å². The quantitative estimate of drug-likeness (QED) is 0.138. The van der Waals surface area contributed by atoms with Gasteiger partial charge in [-0.2, -0.15) is 0 Å². The molecule has 0 aliphatic carbocycles. The monoisotopic (exact) mass is 767 g/mol. The molecule has 1 saturated heterocycles. The van der Waals surface area contributed by atoms with Crippen LogP contribution in [0.1, 0.15) is 34.5 Å². The van der Waals surface area contributed by atoms with Gasteiger partial charge < -0.3 is 41.1 Å². The Kier molecular flexibility index (Phi) is 11.5. The maximum atomic E-state index is 13.8. The Hall–Kier alpha value is -6.25. The third kappa shape index (κ3) is 9.11. The molecule has 55 heavy (non-hydrogen) atoms. The lowest BCUT2D eigenvalue weighted by molar-refractivity contribution is -0.139. The predicted octanol–water partition coefficient (Wildman–Crippen LogP) is 2.64. The van der Waals surface area contributed by atoms with Crippen molar-refractivity contribution in [1.29, 1.82) is 0 Å². The lowest BCUT2D eigenvalue weighted by atomic mass is 9.94. The van der Waals surface area contributed by atoms with E-state index in [0.717, 1.165) is 16.0 Å². The number of fused-ring (bicyclic) bond motifs is 5. The molecule has 6 rings (SSSR count). The summed E-state index contributed by atoms with van der Waals surface area (Å²) in [4.78, 5) is 80.2. The minimum absolute atomic E-state index is 0.0676. The van der Waals surface area contributed by atoms with Crippen LogP contribution < -0.4 is 21.3 Å². The molecule has 4 atom stereocenters. The zero-order valence-corrected chi connectivity index (χ0v) is 30.6. The second-order valence-corrected chi connectivity index (χ2v) is 13.7. The molecule has 6 N–H and O–H groups in total. The van der Waals surface area contributed by atoms with Gasteiger partial charge in [0, 0.05) is 35.2 Å². The van der Waals surface area contributed by atoms with Gasteiger partial charge in [0.1, 0.15) is 29.7 Å². The van der Waals surface area contributed by atoms with Crippen LogP contribution in [0, 0.1) is 0 Å². The number of Topliss-reactive ketones (excluding diaryl/α,β-unsaturated/α-hetero) is 1. The zero-order valence-electron chi connectivity index (χ0n) is 29.8. The molecular formula is C40H38ClN5O9. The lowest BCUT2D eigenvalue weighted by Crippen LogP contribution is -2.52. The Bertz CT molecular complexity index is 2160. The van der Waals surface area contributed by atoms with Crippen LogP contribution in [0.4, 0.5) is 0 Å². The Labute approximate surface area is 320 Å². The molecule has 15 heteroatoms. The molecule has 2 aliphatic heterocycles. The molecule has 0 radical (unpaired) electrons. The van der Waals surface area contributed by atoms with Crippen molar-refractivity contribution in [2.24, 2.45) is 0 Å². The third-order valence-corrected chi connectivity index (χ3v) is 9.67. The Morgan fingerprint density at radius 1 is 0.855 bits per heavy atom. The highest BCUT2D eigenvalue weighted by molar-refractivity contribution is 6.30.